The largest absolute Gasteiger partial charge is 0.299 e. The quantitative estimate of drug-likeness (QED) is 0.551. The summed E-state index contributed by atoms with van der Waals surface area (Å²) >= 11 is 7.84. The predicted octanol–water partition coefficient (Wildman–Crippen LogP) is 3.88. The summed E-state index contributed by atoms with van der Waals surface area (Å²) in [6.07, 6.45) is 2.60. The Bertz CT molecular complexity index is 935. The van der Waals surface area contributed by atoms with E-state index in [9.17, 15) is 9.59 Å². The number of hydrogen-bond acceptors (Lipinski definition) is 7. The van der Waals surface area contributed by atoms with E-state index in [0.717, 1.165) is 22.6 Å². The second-order valence-electron chi connectivity index (χ2n) is 6.83. The number of hydrogen-bond donors (Lipinski definition) is 1. The first-order valence-corrected chi connectivity index (χ1v) is 10.8. The number of aryl methyl sites for hydroxylation is 1. The van der Waals surface area contributed by atoms with Gasteiger partial charge in [-0.25, -0.2) is 0 Å². The van der Waals surface area contributed by atoms with Gasteiger partial charge in [-0.1, -0.05) is 79.0 Å². The fraction of sp³-hybridized carbons (Fsp3) is 0.316. The van der Waals surface area contributed by atoms with Gasteiger partial charge in [-0.15, -0.1) is 10.2 Å². The van der Waals surface area contributed by atoms with Crippen molar-refractivity contribution in [2.75, 3.05) is 11.9 Å². The molecule has 0 atom stereocenters. The number of nitrogens with zero attached hydrogens (tertiary/aromatic N) is 3. The van der Waals surface area contributed by atoms with Crippen molar-refractivity contribution in [3.8, 4) is 0 Å². The Kier molecular flexibility index (Phi) is 6.58. The van der Waals surface area contributed by atoms with Crippen molar-refractivity contribution >= 4 is 62.7 Å². The lowest BCUT2D eigenvalue weighted by molar-refractivity contribution is -0.126. The fourth-order valence-electron chi connectivity index (χ4n) is 2.49. The molecular weight excluding hydrogens is 412 g/mol. The van der Waals surface area contributed by atoms with E-state index >= 15 is 0 Å². The highest BCUT2D eigenvalue weighted by molar-refractivity contribution is 8.26. The SMILES string of the molecule is Cc1ccc(/C=C2\SC(=S)N(CC(=O)Nc3nnc(CC(C)C)s3)C2=O)cc1. The number of carbonyl (C=O) groups is 2. The van der Waals surface area contributed by atoms with Crippen LogP contribution < -0.4 is 5.32 Å². The molecule has 1 aliphatic heterocycles. The molecule has 28 heavy (non-hydrogen) atoms. The Balaban J connectivity index is 1.63. The molecule has 0 bridgehead atoms. The molecule has 0 saturated carbocycles. The highest BCUT2D eigenvalue weighted by Crippen LogP contribution is 2.32. The van der Waals surface area contributed by atoms with Gasteiger partial charge in [0.1, 0.15) is 15.9 Å². The molecule has 1 aliphatic rings. The van der Waals surface area contributed by atoms with Crippen molar-refractivity contribution in [2.24, 2.45) is 5.92 Å². The van der Waals surface area contributed by atoms with E-state index in [-0.39, 0.29) is 18.4 Å². The molecule has 0 aliphatic carbocycles. The highest BCUT2D eigenvalue weighted by atomic mass is 32.2. The van der Waals surface area contributed by atoms with Crippen molar-refractivity contribution in [3.63, 3.8) is 0 Å². The van der Waals surface area contributed by atoms with E-state index in [1.54, 1.807) is 6.08 Å². The number of benzene rings is 1. The van der Waals surface area contributed by atoms with Crippen LogP contribution in [0.3, 0.4) is 0 Å². The molecule has 1 aromatic carbocycles. The van der Waals surface area contributed by atoms with Gasteiger partial charge in [0, 0.05) is 6.42 Å². The van der Waals surface area contributed by atoms with E-state index in [1.807, 2.05) is 31.2 Å². The average molecular weight is 433 g/mol. The summed E-state index contributed by atoms with van der Waals surface area (Å²) in [6.45, 7) is 6.05. The fourth-order valence-corrected chi connectivity index (χ4v) is 4.71. The number of thioether (sulfide) groups is 1. The molecule has 1 saturated heterocycles. The average Bonchev–Trinajstić information content (AvgIpc) is 3.15. The third-order valence-electron chi connectivity index (χ3n) is 3.85. The molecule has 0 radical (unpaired) electrons. The van der Waals surface area contributed by atoms with E-state index in [0.29, 0.717) is 20.3 Å². The Labute approximate surface area is 177 Å². The van der Waals surface area contributed by atoms with Crippen LogP contribution in [-0.2, 0) is 16.0 Å². The van der Waals surface area contributed by atoms with Crippen molar-refractivity contribution in [2.45, 2.75) is 27.2 Å². The van der Waals surface area contributed by atoms with Gasteiger partial charge in [-0.3, -0.25) is 19.8 Å². The molecule has 2 heterocycles. The van der Waals surface area contributed by atoms with Crippen molar-refractivity contribution in [1.29, 1.82) is 0 Å². The summed E-state index contributed by atoms with van der Waals surface area (Å²) in [4.78, 5) is 26.8. The maximum Gasteiger partial charge on any atom is 0.266 e. The van der Waals surface area contributed by atoms with Gasteiger partial charge in [0.05, 0.1) is 4.91 Å². The maximum absolute atomic E-state index is 12.6. The van der Waals surface area contributed by atoms with Gasteiger partial charge < -0.3 is 0 Å². The summed E-state index contributed by atoms with van der Waals surface area (Å²) in [5, 5.41) is 12.1. The normalized spacial score (nSPS) is 15.7. The second-order valence-corrected chi connectivity index (χ2v) is 9.56. The number of anilines is 1. The Hall–Kier alpha value is -2.10. The summed E-state index contributed by atoms with van der Waals surface area (Å²) < 4.78 is 0.372. The van der Waals surface area contributed by atoms with Gasteiger partial charge >= 0.3 is 0 Å². The first-order valence-electron chi connectivity index (χ1n) is 8.76. The molecule has 3 rings (SSSR count). The van der Waals surface area contributed by atoms with Crippen LogP contribution in [0.2, 0.25) is 0 Å². The minimum absolute atomic E-state index is 0.144. The lowest BCUT2D eigenvalue weighted by Crippen LogP contribution is -2.36. The minimum Gasteiger partial charge on any atom is -0.299 e. The number of amides is 2. The first kappa shape index (κ1) is 20.6. The van der Waals surface area contributed by atoms with Crippen LogP contribution in [0.4, 0.5) is 5.13 Å². The Morgan fingerprint density at radius 2 is 2.00 bits per heavy atom. The van der Waals surface area contributed by atoms with Crippen molar-refractivity contribution in [3.05, 3.63) is 45.3 Å². The molecule has 146 valence electrons. The Morgan fingerprint density at radius 1 is 1.29 bits per heavy atom. The maximum atomic E-state index is 12.6. The highest BCUT2D eigenvalue weighted by Gasteiger charge is 2.33. The number of rotatable bonds is 6. The van der Waals surface area contributed by atoms with Crippen LogP contribution in [-0.4, -0.2) is 37.8 Å². The Morgan fingerprint density at radius 3 is 2.68 bits per heavy atom. The zero-order valence-corrected chi connectivity index (χ0v) is 18.2. The number of thiocarbonyl (C=S) groups is 1. The molecule has 1 fully saturated rings. The van der Waals surface area contributed by atoms with Crippen LogP contribution in [0.5, 0.6) is 0 Å². The van der Waals surface area contributed by atoms with Gasteiger partial charge in [0.25, 0.3) is 5.91 Å². The number of aromatic nitrogens is 2. The van der Waals surface area contributed by atoms with E-state index < -0.39 is 0 Å². The molecule has 2 amide bonds. The van der Waals surface area contributed by atoms with Crippen LogP contribution in [0, 0.1) is 12.8 Å². The van der Waals surface area contributed by atoms with E-state index in [2.05, 4.69) is 29.4 Å². The third-order valence-corrected chi connectivity index (χ3v) is 6.09. The van der Waals surface area contributed by atoms with Crippen molar-refractivity contribution in [1.82, 2.24) is 15.1 Å². The standard InChI is InChI=1S/C19H20N4O2S3/c1-11(2)8-16-21-22-18(28-16)20-15(24)10-23-17(25)14(27-19(23)26)9-13-6-4-12(3)5-7-13/h4-7,9,11H,8,10H2,1-3H3,(H,20,22,24)/b14-9-. The minimum atomic E-state index is -0.347. The van der Waals surface area contributed by atoms with E-state index in [1.165, 1.54) is 28.0 Å². The number of carbonyl (C=O) groups excluding carboxylic acids is 2. The lowest BCUT2D eigenvalue weighted by Gasteiger charge is -2.13. The summed E-state index contributed by atoms with van der Waals surface area (Å²) in [5.41, 5.74) is 2.07. The first-order chi connectivity index (χ1) is 13.3. The molecule has 1 N–H and O–H groups in total. The number of nitrogens with one attached hydrogen (secondary N) is 1. The van der Waals surface area contributed by atoms with Gasteiger partial charge in [0.2, 0.25) is 11.0 Å². The van der Waals surface area contributed by atoms with Crippen LogP contribution in [0.15, 0.2) is 29.2 Å². The monoisotopic (exact) mass is 432 g/mol. The molecule has 1 aromatic heterocycles. The van der Waals surface area contributed by atoms with Crippen LogP contribution in [0.1, 0.15) is 30.0 Å². The second kappa shape index (κ2) is 8.93. The molecule has 0 spiro atoms. The summed E-state index contributed by atoms with van der Waals surface area (Å²) in [6, 6.07) is 7.85. The van der Waals surface area contributed by atoms with Crippen LogP contribution in [0.25, 0.3) is 6.08 Å². The zero-order valence-electron chi connectivity index (χ0n) is 15.8. The lowest BCUT2D eigenvalue weighted by atomic mass is 10.1. The van der Waals surface area contributed by atoms with Crippen LogP contribution >= 0.6 is 35.3 Å². The van der Waals surface area contributed by atoms with Gasteiger partial charge in [-0.05, 0) is 24.5 Å². The topological polar surface area (TPSA) is 75.2 Å². The molecule has 0 unspecified atom stereocenters. The van der Waals surface area contributed by atoms with Gasteiger partial charge in [0.15, 0.2) is 0 Å². The summed E-state index contributed by atoms with van der Waals surface area (Å²) in [5.74, 6) is -0.143. The summed E-state index contributed by atoms with van der Waals surface area (Å²) in [7, 11) is 0. The molecule has 2 aromatic rings. The van der Waals surface area contributed by atoms with Crippen molar-refractivity contribution < 1.29 is 9.59 Å². The van der Waals surface area contributed by atoms with Gasteiger partial charge in [-0.2, -0.15) is 0 Å². The van der Waals surface area contributed by atoms with E-state index in [4.69, 9.17) is 12.2 Å². The zero-order chi connectivity index (χ0) is 20.3. The predicted molar refractivity (Wildman–Crippen MR) is 118 cm³/mol. The molecular formula is C19H20N4O2S3. The molecule has 9 heteroatoms. The molecule has 6 nitrogen and oxygen atoms in total. The third kappa shape index (κ3) is 5.24. The smallest absolute Gasteiger partial charge is 0.266 e.